The van der Waals surface area contributed by atoms with Crippen LogP contribution in [0.1, 0.15) is 60.3 Å². The molecular weight excluding hydrogens is 222 g/mol. The first-order valence-corrected chi connectivity index (χ1v) is 7.30. The normalized spacial score (nSPS) is 18.1. The Balaban J connectivity index is 4.64. The number of rotatable bonds is 9. The zero-order valence-corrected chi connectivity index (χ0v) is 13.1. The molecule has 0 aromatic rings. The van der Waals surface area contributed by atoms with E-state index in [1.807, 2.05) is 14.0 Å². The summed E-state index contributed by atoms with van der Waals surface area (Å²) in [4.78, 5) is 2.55. The third kappa shape index (κ3) is 5.37. The lowest BCUT2D eigenvalue weighted by Gasteiger charge is -2.37. The van der Waals surface area contributed by atoms with Gasteiger partial charge in [0.05, 0.1) is 6.07 Å². The van der Waals surface area contributed by atoms with Gasteiger partial charge in [-0.2, -0.15) is 5.26 Å². The third-order valence-electron chi connectivity index (χ3n) is 4.00. The van der Waals surface area contributed by atoms with E-state index in [9.17, 15) is 5.26 Å². The van der Waals surface area contributed by atoms with E-state index < -0.39 is 5.54 Å². The summed E-state index contributed by atoms with van der Waals surface area (Å²) in [5.41, 5.74) is -0.419. The van der Waals surface area contributed by atoms with Gasteiger partial charge in [0, 0.05) is 12.1 Å². The SMILES string of the molecule is CCCCN(C(C)CC)C(C)CC(C)(C#N)NC. The zero-order valence-electron chi connectivity index (χ0n) is 13.1. The van der Waals surface area contributed by atoms with Crippen LogP contribution in [0.4, 0.5) is 0 Å². The van der Waals surface area contributed by atoms with E-state index in [0.717, 1.165) is 19.4 Å². The smallest absolute Gasteiger partial charge is 0.105 e. The summed E-state index contributed by atoms with van der Waals surface area (Å²) >= 11 is 0. The van der Waals surface area contributed by atoms with Crippen molar-refractivity contribution >= 4 is 0 Å². The second-order valence-electron chi connectivity index (χ2n) is 5.60. The lowest BCUT2D eigenvalue weighted by molar-refractivity contribution is 0.126. The maximum Gasteiger partial charge on any atom is 0.105 e. The quantitative estimate of drug-likeness (QED) is 0.686. The predicted molar refractivity (Wildman–Crippen MR) is 78.5 cm³/mol. The summed E-state index contributed by atoms with van der Waals surface area (Å²) in [5.74, 6) is 0. The maximum atomic E-state index is 9.26. The van der Waals surface area contributed by atoms with Crippen LogP contribution >= 0.6 is 0 Å². The molecule has 0 aromatic carbocycles. The first-order chi connectivity index (χ1) is 8.44. The van der Waals surface area contributed by atoms with Crippen LogP contribution in [-0.2, 0) is 0 Å². The molecular formula is C15H31N3. The van der Waals surface area contributed by atoms with E-state index in [2.05, 4.69) is 44.0 Å². The summed E-state index contributed by atoms with van der Waals surface area (Å²) in [7, 11) is 1.87. The van der Waals surface area contributed by atoms with Gasteiger partial charge in [-0.25, -0.2) is 0 Å². The molecule has 0 heterocycles. The van der Waals surface area contributed by atoms with Gasteiger partial charge in [0.25, 0.3) is 0 Å². The van der Waals surface area contributed by atoms with Crippen molar-refractivity contribution in [1.82, 2.24) is 10.2 Å². The summed E-state index contributed by atoms with van der Waals surface area (Å²) < 4.78 is 0. The molecule has 0 aliphatic rings. The van der Waals surface area contributed by atoms with Gasteiger partial charge in [0.1, 0.15) is 5.54 Å². The number of nitriles is 1. The number of nitrogens with zero attached hydrogens (tertiary/aromatic N) is 2. The Labute approximate surface area is 114 Å². The van der Waals surface area contributed by atoms with Crippen LogP contribution in [0, 0.1) is 11.3 Å². The van der Waals surface area contributed by atoms with E-state index in [1.54, 1.807) is 0 Å². The average molecular weight is 253 g/mol. The number of nitrogens with one attached hydrogen (secondary N) is 1. The molecule has 0 fully saturated rings. The minimum Gasteiger partial charge on any atom is -0.303 e. The molecule has 18 heavy (non-hydrogen) atoms. The number of hydrogen-bond acceptors (Lipinski definition) is 3. The largest absolute Gasteiger partial charge is 0.303 e. The van der Waals surface area contributed by atoms with Crippen LogP contribution in [0.3, 0.4) is 0 Å². The number of hydrogen-bond donors (Lipinski definition) is 1. The molecule has 0 saturated heterocycles. The Hall–Kier alpha value is -0.590. The standard InChI is InChI=1S/C15H31N3/c1-7-9-10-18(13(3)8-2)14(4)11-15(5,12-16)17-6/h13-14,17H,7-11H2,1-6H3. The zero-order chi connectivity index (χ0) is 14.2. The van der Waals surface area contributed by atoms with Gasteiger partial charge >= 0.3 is 0 Å². The molecule has 0 radical (unpaired) electrons. The van der Waals surface area contributed by atoms with Gasteiger partial charge < -0.3 is 5.32 Å². The average Bonchev–Trinajstić information content (AvgIpc) is 2.38. The Morgan fingerprint density at radius 1 is 1.28 bits per heavy atom. The van der Waals surface area contributed by atoms with Crippen LogP contribution in [-0.4, -0.2) is 36.1 Å². The molecule has 3 nitrogen and oxygen atoms in total. The lowest BCUT2D eigenvalue weighted by Crippen LogP contribution is -2.48. The van der Waals surface area contributed by atoms with Crippen LogP contribution in [0.25, 0.3) is 0 Å². The first kappa shape index (κ1) is 17.4. The Kier molecular flexibility index (Phi) is 8.22. The van der Waals surface area contributed by atoms with Crippen molar-refractivity contribution < 1.29 is 0 Å². The molecule has 3 unspecified atom stereocenters. The first-order valence-electron chi connectivity index (χ1n) is 7.30. The fourth-order valence-electron chi connectivity index (χ4n) is 2.36. The molecule has 0 aliphatic heterocycles. The van der Waals surface area contributed by atoms with Gasteiger partial charge in [0.15, 0.2) is 0 Å². The van der Waals surface area contributed by atoms with E-state index in [4.69, 9.17) is 0 Å². The van der Waals surface area contributed by atoms with Gasteiger partial charge in [0.2, 0.25) is 0 Å². The second kappa shape index (κ2) is 8.50. The fourth-order valence-corrected chi connectivity index (χ4v) is 2.36. The van der Waals surface area contributed by atoms with Crippen molar-refractivity contribution in [3.63, 3.8) is 0 Å². The van der Waals surface area contributed by atoms with Gasteiger partial charge in [-0.3, -0.25) is 4.90 Å². The highest BCUT2D eigenvalue weighted by molar-refractivity contribution is 5.04. The minimum absolute atomic E-state index is 0.419. The Morgan fingerprint density at radius 2 is 1.89 bits per heavy atom. The van der Waals surface area contributed by atoms with Crippen molar-refractivity contribution in [3.05, 3.63) is 0 Å². The molecule has 0 saturated carbocycles. The molecule has 0 rings (SSSR count). The molecule has 106 valence electrons. The molecule has 0 bridgehead atoms. The fraction of sp³-hybridized carbons (Fsp3) is 0.933. The third-order valence-corrected chi connectivity index (χ3v) is 4.00. The van der Waals surface area contributed by atoms with E-state index >= 15 is 0 Å². The van der Waals surface area contributed by atoms with Crippen molar-refractivity contribution in [2.75, 3.05) is 13.6 Å². The van der Waals surface area contributed by atoms with Gasteiger partial charge in [-0.15, -0.1) is 0 Å². The monoisotopic (exact) mass is 253 g/mol. The van der Waals surface area contributed by atoms with E-state index in [-0.39, 0.29) is 0 Å². The predicted octanol–water partition coefficient (Wildman–Crippen LogP) is 3.17. The van der Waals surface area contributed by atoms with Gasteiger partial charge in [-0.05, 0) is 53.6 Å². The lowest BCUT2D eigenvalue weighted by atomic mass is 9.93. The second-order valence-corrected chi connectivity index (χ2v) is 5.60. The highest BCUT2D eigenvalue weighted by Gasteiger charge is 2.28. The summed E-state index contributed by atoms with van der Waals surface area (Å²) in [6.45, 7) is 12.1. The highest BCUT2D eigenvalue weighted by atomic mass is 15.2. The van der Waals surface area contributed by atoms with Crippen molar-refractivity contribution in [1.29, 1.82) is 5.26 Å². The molecule has 0 amide bonds. The Morgan fingerprint density at radius 3 is 2.28 bits per heavy atom. The Bertz CT molecular complexity index is 259. The summed E-state index contributed by atoms with van der Waals surface area (Å²) in [5, 5.41) is 12.4. The molecule has 0 aliphatic carbocycles. The molecule has 1 N–H and O–H groups in total. The topological polar surface area (TPSA) is 39.1 Å². The maximum absolute atomic E-state index is 9.26. The molecule has 0 aromatic heterocycles. The van der Waals surface area contributed by atoms with E-state index in [0.29, 0.717) is 12.1 Å². The minimum atomic E-state index is -0.419. The highest BCUT2D eigenvalue weighted by Crippen LogP contribution is 2.19. The van der Waals surface area contributed by atoms with Crippen LogP contribution in [0.2, 0.25) is 0 Å². The van der Waals surface area contributed by atoms with E-state index in [1.165, 1.54) is 12.8 Å². The van der Waals surface area contributed by atoms with Crippen molar-refractivity contribution in [3.8, 4) is 6.07 Å². The van der Waals surface area contributed by atoms with Gasteiger partial charge in [-0.1, -0.05) is 20.3 Å². The van der Waals surface area contributed by atoms with Crippen LogP contribution in [0.15, 0.2) is 0 Å². The molecule has 3 atom stereocenters. The van der Waals surface area contributed by atoms with Crippen molar-refractivity contribution in [2.24, 2.45) is 0 Å². The number of unbranched alkanes of at least 4 members (excludes halogenated alkanes) is 1. The summed E-state index contributed by atoms with van der Waals surface area (Å²) in [6, 6.07) is 3.41. The summed E-state index contributed by atoms with van der Waals surface area (Å²) in [6.07, 6.45) is 4.49. The van der Waals surface area contributed by atoms with Crippen LogP contribution in [0.5, 0.6) is 0 Å². The molecule has 3 heteroatoms. The van der Waals surface area contributed by atoms with Crippen LogP contribution < -0.4 is 5.32 Å². The molecule has 0 spiro atoms. The van der Waals surface area contributed by atoms with Crippen molar-refractivity contribution in [2.45, 2.75) is 77.9 Å².